The number of para-hydroxylation sites is 1. The van der Waals surface area contributed by atoms with Gasteiger partial charge in [-0.15, -0.1) is 0 Å². The molecule has 0 aliphatic heterocycles. The molecule has 0 saturated heterocycles. The molecule has 0 heterocycles. The second-order valence-electron chi connectivity index (χ2n) is 7.90. The second kappa shape index (κ2) is 9.44. The third-order valence-electron chi connectivity index (χ3n) is 5.26. The van der Waals surface area contributed by atoms with Gasteiger partial charge in [0.05, 0.1) is 10.6 Å². The van der Waals surface area contributed by atoms with Crippen LogP contribution in [0.2, 0.25) is 0 Å². The Morgan fingerprint density at radius 1 is 0.906 bits per heavy atom. The summed E-state index contributed by atoms with van der Waals surface area (Å²) in [6.07, 6.45) is -0.721. The molecule has 32 heavy (non-hydrogen) atoms. The first-order valence-corrected chi connectivity index (χ1v) is 11.8. The fraction of sp³-hybridized carbons (Fsp3) is 0.240. The van der Waals surface area contributed by atoms with E-state index in [0.717, 1.165) is 22.3 Å². The van der Waals surface area contributed by atoms with Crippen LogP contribution < -0.4 is 14.8 Å². The topological polar surface area (TPSA) is 84.5 Å². The Morgan fingerprint density at radius 3 is 2.22 bits per heavy atom. The van der Waals surface area contributed by atoms with E-state index in [4.69, 9.17) is 4.74 Å². The van der Waals surface area contributed by atoms with E-state index in [9.17, 15) is 13.2 Å². The summed E-state index contributed by atoms with van der Waals surface area (Å²) in [5, 5.41) is 2.77. The Labute approximate surface area is 189 Å². The Balaban J connectivity index is 1.67. The predicted molar refractivity (Wildman–Crippen MR) is 128 cm³/mol. The smallest absolute Gasteiger partial charge is 0.265 e. The van der Waals surface area contributed by atoms with Gasteiger partial charge in [0.2, 0.25) is 0 Å². The molecule has 0 fully saturated rings. The summed E-state index contributed by atoms with van der Waals surface area (Å²) in [5.41, 5.74) is 4.99. The van der Waals surface area contributed by atoms with Crippen molar-refractivity contribution >= 4 is 27.3 Å². The Morgan fingerprint density at radius 2 is 1.56 bits per heavy atom. The summed E-state index contributed by atoms with van der Waals surface area (Å²) in [6.45, 7) is 9.45. The van der Waals surface area contributed by atoms with Gasteiger partial charge in [-0.25, -0.2) is 8.42 Å². The normalized spacial score (nSPS) is 12.2. The van der Waals surface area contributed by atoms with Crippen molar-refractivity contribution < 1.29 is 17.9 Å². The molecule has 1 atom stereocenters. The van der Waals surface area contributed by atoms with Crippen LogP contribution in [0.15, 0.2) is 65.6 Å². The fourth-order valence-electron chi connectivity index (χ4n) is 3.22. The molecule has 0 bridgehead atoms. The molecule has 1 amide bonds. The lowest BCUT2D eigenvalue weighted by Crippen LogP contribution is -2.30. The molecule has 0 radical (unpaired) electrons. The molecule has 168 valence electrons. The Kier molecular flexibility index (Phi) is 6.89. The number of aryl methyl sites for hydroxylation is 3. The van der Waals surface area contributed by atoms with Crippen molar-refractivity contribution in [1.82, 2.24) is 0 Å². The van der Waals surface area contributed by atoms with Crippen LogP contribution >= 0.6 is 0 Å². The molecule has 0 aliphatic carbocycles. The highest BCUT2D eigenvalue weighted by atomic mass is 32.2. The molecule has 3 aromatic rings. The lowest BCUT2D eigenvalue weighted by atomic mass is 10.1. The molecule has 7 heteroatoms. The SMILES string of the molecule is Cc1cc(C)c(C)c(OC(C)C(=O)Nc2ccc(S(=O)(=O)Nc3ccccc3C)cc2)c1. The number of hydrogen-bond acceptors (Lipinski definition) is 4. The maximum Gasteiger partial charge on any atom is 0.265 e. The lowest BCUT2D eigenvalue weighted by molar-refractivity contribution is -0.122. The zero-order valence-corrected chi connectivity index (χ0v) is 19.7. The van der Waals surface area contributed by atoms with Crippen molar-refractivity contribution in [1.29, 1.82) is 0 Å². The van der Waals surface area contributed by atoms with Crippen LogP contribution in [-0.2, 0) is 14.8 Å². The summed E-state index contributed by atoms with van der Waals surface area (Å²) in [7, 11) is -3.74. The number of carbonyl (C=O) groups excluding carboxylic acids is 1. The number of sulfonamides is 1. The third kappa shape index (κ3) is 5.48. The van der Waals surface area contributed by atoms with Crippen molar-refractivity contribution in [2.45, 2.75) is 45.6 Å². The number of hydrogen-bond donors (Lipinski definition) is 2. The Bertz CT molecular complexity index is 1240. The lowest BCUT2D eigenvalue weighted by Gasteiger charge is -2.18. The van der Waals surface area contributed by atoms with E-state index in [0.29, 0.717) is 17.1 Å². The first-order chi connectivity index (χ1) is 15.1. The number of carbonyl (C=O) groups is 1. The van der Waals surface area contributed by atoms with E-state index >= 15 is 0 Å². The number of nitrogens with one attached hydrogen (secondary N) is 2. The number of ether oxygens (including phenoxy) is 1. The third-order valence-corrected chi connectivity index (χ3v) is 6.64. The monoisotopic (exact) mass is 452 g/mol. The molecule has 0 aromatic heterocycles. The Hall–Kier alpha value is -3.32. The number of rotatable bonds is 7. The summed E-state index contributed by atoms with van der Waals surface area (Å²) in [5.74, 6) is 0.353. The molecular formula is C25H28N2O4S. The van der Waals surface area contributed by atoms with Crippen LogP contribution in [0.3, 0.4) is 0 Å². The minimum absolute atomic E-state index is 0.105. The summed E-state index contributed by atoms with van der Waals surface area (Å²) >= 11 is 0. The molecule has 0 spiro atoms. The highest BCUT2D eigenvalue weighted by Crippen LogP contribution is 2.25. The highest BCUT2D eigenvalue weighted by molar-refractivity contribution is 7.92. The molecule has 3 aromatic carbocycles. The summed E-state index contributed by atoms with van der Waals surface area (Å²) < 4.78 is 33.8. The van der Waals surface area contributed by atoms with Gasteiger partial charge in [-0.1, -0.05) is 24.3 Å². The standard InChI is InChI=1S/C25H28N2O4S/c1-16-14-18(3)19(4)24(15-16)31-20(5)25(28)26-21-10-12-22(13-11-21)32(29,30)27-23-9-7-6-8-17(23)2/h6-15,20,27H,1-5H3,(H,26,28). The fourth-order valence-corrected chi connectivity index (χ4v) is 4.35. The number of benzene rings is 3. The van der Waals surface area contributed by atoms with Gasteiger partial charge in [0, 0.05) is 5.69 Å². The van der Waals surface area contributed by atoms with E-state index in [-0.39, 0.29) is 10.8 Å². The summed E-state index contributed by atoms with van der Waals surface area (Å²) in [4.78, 5) is 12.7. The molecule has 6 nitrogen and oxygen atoms in total. The van der Waals surface area contributed by atoms with E-state index in [1.165, 1.54) is 12.1 Å². The van der Waals surface area contributed by atoms with E-state index in [2.05, 4.69) is 16.1 Å². The minimum atomic E-state index is -3.74. The van der Waals surface area contributed by atoms with Crippen LogP contribution in [0.1, 0.15) is 29.2 Å². The van der Waals surface area contributed by atoms with Gasteiger partial charge in [-0.05, 0) is 93.3 Å². The van der Waals surface area contributed by atoms with Crippen molar-refractivity contribution in [3.05, 3.63) is 82.9 Å². The first-order valence-electron chi connectivity index (χ1n) is 10.3. The van der Waals surface area contributed by atoms with Crippen LogP contribution in [0, 0.1) is 27.7 Å². The molecule has 0 saturated carbocycles. The van der Waals surface area contributed by atoms with E-state index < -0.39 is 16.1 Å². The summed E-state index contributed by atoms with van der Waals surface area (Å²) in [6, 6.07) is 17.1. The van der Waals surface area contributed by atoms with Crippen LogP contribution in [0.25, 0.3) is 0 Å². The molecule has 2 N–H and O–H groups in total. The zero-order valence-electron chi connectivity index (χ0n) is 18.9. The quantitative estimate of drug-likeness (QED) is 0.521. The highest BCUT2D eigenvalue weighted by Gasteiger charge is 2.18. The predicted octanol–water partition coefficient (Wildman–Crippen LogP) is 5.13. The van der Waals surface area contributed by atoms with Crippen LogP contribution in [-0.4, -0.2) is 20.4 Å². The maximum absolute atomic E-state index is 12.7. The van der Waals surface area contributed by atoms with Gasteiger partial charge in [0.25, 0.3) is 15.9 Å². The van der Waals surface area contributed by atoms with Crippen LogP contribution in [0.4, 0.5) is 11.4 Å². The van der Waals surface area contributed by atoms with E-state index in [1.807, 2.05) is 45.9 Å². The van der Waals surface area contributed by atoms with Gasteiger partial charge in [0.1, 0.15) is 5.75 Å². The van der Waals surface area contributed by atoms with Crippen molar-refractivity contribution in [2.24, 2.45) is 0 Å². The van der Waals surface area contributed by atoms with Crippen molar-refractivity contribution in [3.63, 3.8) is 0 Å². The first kappa shape index (κ1) is 23.3. The van der Waals surface area contributed by atoms with Crippen molar-refractivity contribution in [3.8, 4) is 5.75 Å². The molecule has 1 unspecified atom stereocenters. The zero-order chi connectivity index (χ0) is 23.5. The van der Waals surface area contributed by atoms with Gasteiger partial charge in [-0.2, -0.15) is 0 Å². The molecule has 3 rings (SSSR count). The molecular weight excluding hydrogens is 424 g/mol. The minimum Gasteiger partial charge on any atom is -0.481 e. The maximum atomic E-state index is 12.7. The van der Waals surface area contributed by atoms with Crippen LogP contribution in [0.5, 0.6) is 5.75 Å². The van der Waals surface area contributed by atoms with Gasteiger partial charge in [0.15, 0.2) is 6.10 Å². The second-order valence-corrected chi connectivity index (χ2v) is 9.58. The van der Waals surface area contributed by atoms with E-state index in [1.54, 1.807) is 31.2 Å². The molecule has 0 aliphatic rings. The van der Waals surface area contributed by atoms with Gasteiger partial charge >= 0.3 is 0 Å². The van der Waals surface area contributed by atoms with Crippen molar-refractivity contribution in [2.75, 3.05) is 10.0 Å². The number of anilines is 2. The van der Waals surface area contributed by atoms with Gasteiger partial charge < -0.3 is 10.1 Å². The van der Waals surface area contributed by atoms with Gasteiger partial charge in [-0.3, -0.25) is 9.52 Å². The average Bonchev–Trinajstić information content (AvgIpc) is 2.73. The average molecular weight is 453 g/mol. The number of amides is 1. The largest absolute Gasteiger partial charge is 0.481 e.